The Kier molecular flexibility index (Phi) is 3.48. The fourth-order valence-corrected chi connectivity index (χ4v) is 1.01. The van der Waals surface area contributed by atoms with Gasteiger partial charge in [-0.1, -0.05) is 22.9 Å². The monoisotopic (exact) mass is 245 g/mol. The summed E-state index contributed by atoms with van der Waals surface area (Å²) in [5, 5.41) is 6.69. The number of nitrogens with zero attached hydrogens (tertiary/aromatic N) is 2. The molecule has 0 saturated heterocycles. The predicted molar refractivity (Wildman–Crippen MR) is 54.8 cm³/mol. The second kappa shape index (κ2) is 4.41. The first-order valence-electron chi connectivity index (χ1n) is 4.07. The van der Waals surface area contributed by atoms with Crippen LogP contribution in [0.5, 0.6) is 0 Å². The number of carbonyl (C=O) groups is 1. The van der Waals surface area contributed by atoms with Crippen molar-refractivity contribution in [2.75, 3.05) is 5.32 Å². The average molecular weight is 246 g/mol. The van der Waals surface area contributed by atoms with Gasteiger partial charge in [0.05, 0.1) is 16.7 Å². The standard InChI is InChI=1S/C8H12BrN3O/c1-3-7(9)8(13)11-6-4-10-12(2)5-6/h4-5,7H,3H2,1-2H3,(H,11,13). The molecule has 0 aliphatic carbocycles. The highest BCUT2D eigenvalue weighted by molar-refractivity contribution is 9.10. The SMILES string of the molecule is CCC(Br)C(=O)Nc1cnn(C)c1. The van der Waals surface area contributed by atoms with Gasteiger partial charge in [0.25, 0.3) is 0 Å². The number of nitrogens with one attached hydrogen (secondary N) is 1. The molecule has 1 aromatic rings. The molecule has 13 heavy (non-hydrogen) atoms. The van der Waals surface area contributed by atoms with Gasteiger partial charge in [0.1, 0.15) is 0 Å². The molecular weight excluding hydrogens is 234 g/mol. The molecule has 1 aromatic heterocycles. The van der Waals surface area contributed by atoms with Crippen LogP contribution in [0.15, 0.2) is 12.4 Å². The molecule has 0 spiro atoms. The summed E-state index contributed by atoms with van der Waals surface area (Å²) >= 11 is 3.27. The van der Waals surface area contributed by atoms with Crippen LogP contribution in [0, 0.1) is 0 Å². The van der Waals surface area contributed by atoms with Gasteiger partial charge in [-0.05, 0) is 6.42 Å². The maximum Gasteiger partial charge on any atom is 0.238 e. The molecule has 0 aliphatic rings. The molecule has 72 valence electrons. The number of alkyl halides is 1. The van der Waals surface area contributed by atoms with Crippen molar-refractivity contribution in [3.8, 4) is 0 Å². The number of carbonyl (C=O) groups excluding carboxylic acids is 1. The zero-order valence-corrected chi connectivity index (χ0v) is 9.21. The summed E-state index contributed by atoms with van der Waals surface area (Å²) in [5.41, 5.74) is 0.727. The summed E-state index contributed by atoms with van der Waals surface area (Å²) in [6, 6.07) is 0. The summed E-state index contributed by atoms with van der Waals surface area (Å²) in [7, 11) is 1.81. The Balaban J connectivity index is 2.54. The third kappa shape index (κ3) is 2.84. The minimum Gasteiger partial charge on any atom is -0.322 e. The minimum atomic E-state index is -0.132. The Morgan fingerprint density at radius 3 is 3.00 bits per heavy atom. The van der Waals surface area contributed by atoms with Gasteiger partial charge in [-0.3, -0.25) is 9.48 Å². The molecule has 0 saturated carbocycles. The first kappa shape index (κ1) is 10.2. The average Bonchev–Trinajstić information content (AvgIpc) is 2.49. The molecule has 0 fully saturated rings. The van der Waals surface area contributed by atoms with Gasteiger partial charge in [-0.2, -0.15) is 5.10 Å². The summed E-state index contributed by atoms with van der Waals surface area (Å²) in [5.74, 6) is -0.0319. The number of aromatic nitrogens is 2. The number of rotatable bonds is 3. The zero-order chi connectivity index (χ0) is 9.84. The minimum absolute atomic E-state index is 0.0319. The van der Waals surface area contributed by atoms with Crippen LogP contribution in [0.3, 0.4) is 0 Å². The van der Waals surface area contributed by atoms with Gasteiger partial charge in [0.2, 0.25) is 5.91 Å². The largest absolute Gasteiger partial charge is 0.322 e. The summed E-state index contributed by atoms with van der Waals surface area (Å²) in [6.07, 6.45) is 4.15. The second-order valence-corrected chi connectivity index (χ2v) is 3.87. The lowest BCUT2D eigenvalue weighted by Crippen LogP contribution is -2.21. The summed E-state index contributed by atoms with van der Waals surface area (Å²) in [6.45, 7) is 1.95. The van der Waals surface area contributed by atoms with Crippen LogP contribution in [0.2, 0.25) is 0 Å². The highest BCUT2D eigenvalue weighted by atomic mass is 79.9. The van der Waals surface area contributed by atoms with Gasteiger partial charge in [0.15, 0.2) is 0 Å². The Hall–Kier alpha value is -0.840. The maximum absolute atomic E-state index is 11.4. The lowest BCUT2D eigenvalue weighted by molar-refractivity contribution is -0.115. The molecule has 1 amide bonds. The van der Waals surface area contributed by atoms with E-state index in [0.29, 0.717) is 0 Å². The molecule has 5 heteroatoms. The summed E-state index contributed by atoms with van der Waals surface area (Å²) < 4.78 is 1.64. The van der Waals surface area contributed by atoms with Crippen molar-refractivity contribution in [1.29, 1.82) is 0 Å². The number of hydrogen-bond donors (Lipinski definition) is 1. The number of aryl methyl sites for hydroxylation is 1. The molecule has 1 heterocycles. The first-order valence-corrected chi connectivity index (χ1v) is 4.98. The van der Waals surface area contributed by atoms with Crippen molar-refractivity contribution in [3.05, 3.63) is 12.4 Å². The van der Waals surface area contributed by atoms with E-state index in [9.17, 15) is 4.79 Å². The van der Waals surface area contributed by atoms with E-state index in [2.05, 4.69) is 26.3 Å². The predicted octanol–water partition coefficient (Wildman–Crippen LogP) is 1.53. The lowest BCUT2D eigenvalue weighted by Gasteiger charge is -2.05. The zero-order valence-electron chi connectivity index (χ0n) is 7.62. The van der Waals surface area contributed by atoms with E-state index in [4.69, 9.17) is 0 Å². The van der Waals surface area contributed by atoms with E-state index in [0.717, 1.165) is 12.1 Å². The highest BCUT2D eigenvalue weighted by Crippen LogP contribution is 2.09. The van der Waals surface area contributed by atoms with Gasteiger partial charge < -0.3 is 5.32 Å². The Morgan fingerprint density at radius 1 is 1.85 bits per heavy atom. The van der Waals surface area contributed by atoms with Crippen molar-refractivity contribution < 1.29 is 4.79 Å². The second-order valence-electron chi connectivity index (χ2n) is 2.77. The topological polar surface area (TPSA) is 46.9 Å². The van der Waals surface area contributed by atoms with Crippen LogP contribution in [0.4, 0.5) is 5.69 Å². The maximum atomic E-state index is 11.4. The Labute approximate surface area is 85.4 Å². The van der Waals surface area contributed by atoms with Gasteiger partial charge in [-0.25, -0.2) is 0 Å². The first-order chi connectivity index (χ1) is 6.13. The van der Waals surface area contributed by atoms with Crippen LogP contribution < -0.4 is 5.32 Å². The molecule has 0 aromatic carbocycles. The van der Waals surface area contributed by atoms with E-state index in [1.165, 1.54) is 0 Å². The molecule has 4 nitrogen and oxygen atoms in total. The van der Waals surface area contributed by atoms with Crippen molar-refractivity contribution in [2.45, 2.75) is 18.2 Å². The molecule has 0 radical (unpaired) electrons. The van der Waals surface area contributed by atoms with Crippen LogP contribution in [0.25, 0.3) is 0 Å². The molecule has 1 N–H and O–H groups in total. The Bertz CT molecular complexity index is 297. The number of hydrogen-bond acceptors (Lipinski definition) is 2. The van der Waals surface area contributed by atoms with Crippen LogP contribution in [-0.2, 0) is 11.8 Å². The number of halogens is 1. The van der Waals surface area contributed by atoms with Crippen LogP contribution >= 0.6 is 15.9 Å². The van der Waals surface area contributed by atoms with E-state index in [1.54, 1.807) is 24.1 Å². The molecule has 1 rings (SSSR count). The van der Waals surface area contributed by atoms with Gasteiger partial charge >= 0.3 is 0 Å². The fourth-order valence-electron chi connectivity index (χ4n) is 0.892. The van der Waals surface area contributed by atoms with Crippen molar-refractivity contribution in [1.82, 2.24) is 9.78 Å². The van der Waals surface area contributed by atoms with Crippen molar-refractivity contribution in [3.63, 3.8) is 0 Å². The van der Waals surface area contributed by atoms with E-state index in [-0.39, 0.29) is 10.7 Å². The van der Waals surface area contributed by atoms with E-state index < -0.39 is 0 Å². The molecule has 0 bridgehead atoms. The molecular formula is C8H12BrN3O. The molecule has 1 unspecified atom stereocenters. The van der Waals surface area contributed by atoms with Gasteiger partial charge in [-0.15, -0.1) is 0 Å². The third-order valence-electron chi connectivity index (χ3n) is 1.62. The molecule has 1 atom stereocenters. The smallest absolute Gasteiger partial charge is 0.238 e. The van der Waals surface area contributed by atoms with Crippen LogP contribution in [0.1, 0.15) is 13.3 Å². The van der Waals surface area contributed by atoms with E-state index in [1.807, 2.05) is 6.92 Å². The number of anilines is 1. The van der Waals surface area contributed by atoms with E-state index >= 15 is 0 Å². The van der Waals surface area contributed by atoms with Gasteiger partial charge in [0, 0.05) is 13.2 Å². The van der Waals surface area contributed by atoms with Crippen molar-refractivity contribution >= 4 is 27.5 Å². The summed E-state index contributed by atoms with van der Waals surface area (Å²) in [4.78, 5) is 11.2. The normalized spacial score (nSPS) is 12.5. The van der Waals surface area contributed by atoms with Crippen LogP contribution in [-0.4, -0.2) is 20.5 Å². The quantitative estimate of drug-likeness (QED) is 0.822. The molecule has 0 aliphatic heterocycles. The lowest BCUT2D eigenvalue weighted by atomic mass is 10.3. The Morgan fingerprint density at radius 2 is 2.54 bits per heavy atom. The van der Waals surface area contributed by atoms with Crippen molar-refractivity contribution in [2.24, 2.45) is 7.05 Å². The highest BCUT2D eigenvalue weighted by Gasteiger charge is 2.12. The number of amides is 1. The fraction of sp³-hybridized carbons (Fsp3) is 0.500. The third-order valence-corrected chi connectivity index (χ3v) is 2.68.